The lowest BCUT2D eigenvalue weighted by atomic mass is 9.86. The molecule has 1 aliphatic carbocycles. The molecule has 1 saturated carbocycles. The van der Waals surface area contributed by atoms with Crippen LogP contribution in [0.25, 0.3) is 0 Å². The zero-order chi connectivity index (χ0) is 12.0. The van der Waals surface area contributed by atoms with Gasteiger partial charge in [-0.3, -0.25) is 4.79 Å². The summed E-state index contributed by atoms with van der Waals surface area (Å²) in [6.45, 7) is 0.250. The van der Waals surface area contributed by atoms with Crippen molar-refractivity contribution in [2.75, 3.05) is 20.3 Å². The number of hydrogen-bond donors (Lipinski definition) is 3. The topological polar surface area (TPSA) is 84.6 Å². The number of methoxy groups -OCH3 is 1. The van der Waals surface area contributed by atoms with Gasteiger partial charge in [0.25, 0.3) is 0 Å². The molecule has 0 heterocycles. The molecule has 0 aromatic carbocycles. The Balaban J connectivity index is 2.33. The second kappa shape index (κ2) is 6.83. The molecule has 1 unspecified atom stereocenters. The van der Waals surface area contributed by atoms with E-state index in [1.165, 1.54) is 0 Å². The number of nitrogens with two attached hydrogens (primary N) is 1. The summed E-state index contributed by atoms with van der Waals surface area (Å²) < 4.78 is 4.91. The van der Waals surface area contributed by atoms with Crippen molar-refractivity contribution in [1.82, 2.24) is 5.32 Å². The molecule has 0 spiro atoms. The van der Waals surface area contributed by atoms with E-state index in [4.69, 9.17) is 15.6 Å². The Labute approximate surface area is 96.3 Å². The second-order valence-electron chi connectivity index (χ2n) is 4.46. The molecule has 1 fully saturated rings. The Morgan fingerprint density at radius 1 is 1.50 bits per heavy atom. The minimum atomic E-state index is -0.298. The largest absolute Gasteiger partial charge is 0.394 e. The van der Waals surface area contributed by atoms with E-state index in [1.807, 2.05) is 0 Å². The standard InChI is InChI=1S/C11H22N2O3/c1-16-7-10(6-14)13-11(15)8-2-4-9(12)5-3-8/h8-10,14H,2-7,12H2,1H3,(H,13,15). The minimum absolute atomic E-state index is 0.0167. The van der Waals surface area contributed by atoms with Gasteiger partial charge >= 0.3 is 0 Å². The maximum atomic E-state index is 11.8. The molecular formula is C11H22N2O3. The highest BCUT2D eigenvalue weighted by Gasteiger charge is 2.25. The average molecular weight is 230 g/mol. The van der Waals surface area contributed by atoms with Crippen molar-refractivity contribution in [3.05, 3.63) is 0 Å². The molecular weight excluding hydrogens is 208 g/mol. The van der Waals surface area contributed by atoms with Gasteiger partial charge in [0.1, 0.15) is 0 Å². The van der Waals surface area contributed by atoms with Crippen molar-refractivity contribution in [1.29, 1.82) is 0 Å². The van der Waals surface area contributed by atoms with E-state index in [2.05, 4.69) is 5.32 Å². The second-order valence-corrected chi connectivity index (χ2v) is 4.46. The van der Waals surface area contributed by atoms with Crippen LogP contribution in [-0.4, -0.2) is 43.4 Å². The Kier molecular flexibility index (Phi) is 5.73. The maximum absolute atomic E-state index is 11.8. The molecule has 16 heavy (non-hydrogen) atoms. The van der Waals surface area contributed by atoms with Crippen molar-refractivity contribution >= 4 is 5.91 Å². The summed E-state index contributed by atoms with van der Waals surface area (Å²) in [5, 5.41) is 11.8. The fraction of sp³-hybridized carbons (Fsp3) is 0.909. The van der Waals surface area contributed by atoms with Crippen molar-refractivity contribution in [3.8, 4) is 0 Å². The maximum Gasteiger partial charge on any atom is 0.223 e. The Morgan fingerprint density at radius 2 is 2.12 bits per heavy atom. The fourth-order valence-corrected chi connectivity index (χ4v) is 2.04. The molecule has 1 atom stereocenters. The summed E-state index contributed by atoms with van der Waals surface area (Å²) in [7, 11) is 1.55. The summed E-state index contributed by atoms with van der Waals surface area (Å²) in [4.78, 5) is 11.8. The normalized spacial score (nSPS) is 27.4. The van der Waals surface area contributed by atoms with E-state index < -0.39 is 0 Å². The van der Waals surface area contributed by atoms with Crippen molar-refractivity contribution < 1.29 is 14.6 Å². The molecule has 0 aliphatic heterocycles. The molecule has 5 nitrogen and oxygen atoms in total. The first-order valence-electron chi connectivity index (χ1n) is 5.83. The quantitative estimate of drug-likeness (QED) is 0.601. The number of aliphatic hydroxyl groups excluding tert-OH is 1. The molecule has 0 aromatic heterocycles. The van der Waals surface area contributed by atoms with Gasteiger partial charge in [-0.25, -0.2) is 0 Å². The molecule has 94 valence electrons. The highest BCUT2D eigenvalue weighted by atomic mass is 16.5. The van der Waals surface area contributed by atoms with Crippen LogP contribution >= 0.6 is 0 Å². The summed E-state index contributed by atoms with van der Waals surface area (Å²) in [6, 6.07) is -0.0511. The number of amides is 1. The first-order chi connectivity index (χ1) is 7.67. The highest BCUT2D eigenvalue weighted by molar-refractivity contribution is 5.79. The third-order valence-electron chi connectivity index (χ3n) is 3.08. The predicted molar refractivity (Wildman–Crippen MR) is 60.8 cm³/mol. The van der Waals surface area contributed by atoms with Gasteiger partial charge in [-0.1, -0.05) is 0 Å². The van der Waals surface area contributed by atoms with E-state index in [0.717, 1.165) is 25.7 Å². The lowest BCUT2D eigenvalue weighted by Gasteiger charge is -2.26. The van der Waals surface area contributed by atoms with Crippen LogP contribution < -0.4 is 11.1 Å². The number of aliphatic hydroxyl groups is 1. The first-order valence-corrected chi connectivity index (χ1v) is 5.83. The summed E-state index contributed by atoms with van der Waals surface area (Å²) in [5.74, 6) is 0.0636. The molecule has 5 heteroatoms. The zero-order valence-corrected chi connectivity index (χ0v) is 9.82. The number of carbonyl (C=O) groups is 1. The van der Waals surface area contributed by atoms with E-state index >= 15 is 0 Å². The lowest BCUT2D eigenvalue weighted by Crippen LogP contribution is -2.45. The fourth-order valence-electron chi connectivity index (χ4n) is 2.04. The first kappa shape index (κ1) is 13.4. The van der Waals surface area contributed by atoms with Crippen LogP contribution in [0, 0.1) is 5.92 Å². The predicted octanol–water partition coefficient (Wildman–Crippen LogP) is -0.373. The lowest BCUT2D eigenvalue weighted by molar-refractivity contribution is -0.127. The SMILES string of the molecule is COCC(CO)NC(=O)C1CCC(N)CC1. The summed E-state index contributed by atoms with van der Waals surface area (Å²) >= 11 is 0. The van der Waals surface area contributed by atoms with Crippen LogP contribution in [0.4, 0.5) is 0 Å². The zero-order valence-electron chi connectivity index (χ0n) is 9.82. The molecule has 0 radical (unpaired) electrons. The Hall–Kier alpha value is -0.650. The minimum Gasteiger partial charge on any atom is -0.394 e. The van der Waals surface area contributed by atoms with E-state index in [1.54, 1.807) is 7.11 Å². The third-order valence-corrected chi connectivity index (χ3v) is 3.08. The van der Waals surface area contributed by atoms with E-state index in [-0.39, 0.29) is 30.5 Å². The van der Waals surface area contributed by atoms with Gasteiger partial charge in [-0.05, 0) is 25.7 Å². The van der Waals surface area contributed by atoms with Crippen LogP contribution in [0.3, 0.4) is 0 Å². The number of rotatable bonds is 5. The number of hydrogen-bond acceptors (Lipinski definition) is 4. The van der Waals surface area contributed by atoms with Crippen molar-refractivity contribution in [2.45, 2.75) is 37.8 Å². The number of ether oxygens (including phenoxy) is 1. The van der Waals surface area contributed by atoms with Crippen LogP contribution in [0.1, 0.15) is 25.7 Å². The van der Waals surface area contributed by atoms with Gasteiger partial charge in [0.2, 0.25) is 5.91 Å². The van der Waals surface area contributed by atoms with Crippen molar-refractivity contribution in [2.24, 2.45) is 11.7 Å². The Bertz CT molecular complexity index is 215. The molecule has 4 N–H and O–H groups in total. The van der Waals surface area contributed by atoms with Crippen molar-refractivity contribution in [3.63, 3.8) is 0 Å². The number of nitrogens with one attached hydrogen (secondary N) is 1. The Morgan fingerprint density at radius 3 is 2.62 bits per heavy atom. The summed E-state index contributed by atoms with van der Waals surface area (Å²) in [5.41, 5.74) is 5.78. The van der Waals surface area contributed by atoms with E-state index in [0.29, 0.717) is 6.61 Å². The molecule has 1 amide bonds. The monoisotopic (exact) mass is 230 g/mol. The molecule has 0 saturated heterocycles. The van der Waals surface area contributed by atoms with Gasteiger partial charge < -0.3 is 20.9 Å². The highest BCUT2D eigenvalue weighted by Crippen LogP contribution is 2.23. The third kappa shape index (κ3) is 4.08. The summed E-state index contributed by atoms with van der Waals surface area (Å²) in [6.07, 6.45) is 3.51. The number of carbonyl (C=O) groups excluding carboxylic acids is 1. The van der Waals surface area contributed by atoms with Crippen LogP contribution in [-0.2, 0) is 9.53 Å². The van der Waals surface area contributed by atoms with Crippen LogP contribution in [0.15, 0.2) is 0 Å². The van der Waals surface area contributed by atoms with Gasteiger partial charge in [0, 0.05) is 19.1 Å². The molecule has 0 aromatic rings. The molecule has 1 rings (SSSR count). The smallest absolute Gasteiger partial charge is 0.223 e. The molecule has 1 aliphatic rings. The van der Waals surface area contributed by atoms with Gasteiger partial charge in [0.15, 0.2) is 0 Å². The van der Waals surface area contributed by atoms with Gasteiger partial charge in [-0.15, -0.1) is 0 Å². The van der Waals surface area contributed by atoms with E-state index in [9.17, 15) is 4.79 Å². The molecule has 0 bridgehead atoms. The average Bonchev–Trinajstić information content (AvgIpc) is 2.29. The van der Waals surface area contributed by atoms with Gasteiger partial charge in [-0.2, -0.15) is 0 Å². The van der Waals surface area contributed by atoms with Gasteiger partial charge in [0.05, 0.1) is 19.3 Å². The van der Waals surface area contributed by atoms with Crippen LogP contribution in [0.5, 0.6) is 0 Å². The van der Waals surface area contributed by atoms with Crippen LogP contribution in [0.2, 0.25) is 0 Å².